The largest absolute Gasteiger partial charge is 0.308 e. The van der Waals surface area contributed by atoms with Crippen molar-refractivity contribution in [1.82, 2.24) is 8.80 Å². The maximum absolute atomic E-state index is 2.66. The Morgan fingerprint density at radius 2 is 0.578 bits per heavy atom. The van der Waals surface area contributed by atoms with Crippen LogP contribution in [-0.2, 0) is 10.8 Å². The fraction of sp³-hybridized carbons (Fsp3) is 0.0930. The van der Waals surface area contributed by atoms with E-state index >= 15 is 0 Å². The number of aromatic nitrogens is 2. The summed E-state index contributed by atoms with van der Waals surface area (Å²) in [6.07, 6.45) is 0. The predicted molar refractivity (Wildman–Crippen MR) is 392 cm³/mol. The average Bonchev–Trinajstić information content (AvgIpc) is 1.51. The van der Waals surface area contributed by atoms with Crippen LogP contribution in [0.4, 0.5) is 0 Å². The van der Waals surface area contributed by atoms with Crippen LogP contribution in [0.1, 0.15) is 52.7 Å². The molecule has 19 aromatic rings. The van der Waals surface area contributed by atoms with E-state index in [1.807, 2.05) is 22.7 Å². The highest BCUT2D eigenvalue weighted by molar-refractivity contribution is 7.27. The first-order valence-electron chi connectivity index (χ1n) is 31.6. The smallest absolute Gasteiger partial charge is 0.0635 e. The van der Waals surface area contributed by atoms with Crippen molar-refractivity contribution in [3.05, 3.63) is 266 Å². The van der Waals surface area contributed by atoms with Gasteiger partial charge in [-0.25, -0.2) is 0 Å². The Kier molecular flexibility index (Phi) is 10.8. The zero-order valence-electron chi connectivity index (χ0n) is 51.0. The Hall–Kier alpha value is -10.1. The third-order valence-corrected chi connectivity index (χ3v) is 22.3. The van der Waals surface area contributed by atoms with Gasteiger partial charge in [-0.2, -0.15) is 0 Å². The van der Waals surface area contributed by atoms with Gasteiger partial charge in [-0.05, 0) is 162 Å². The number of benzene rings is 13. The lowest BCUT2D eigenvalue weighted by Crippen LogP contribution is -2.12. The fourth-order valence-corrected chi connectivity index (χ4v) is 18.0. The Morgan fingerprint density at radius 1 is 0.256 bits per heavy atom. The molecule has 0 spiro atoms. The molecule has 19 rings (SSSR count). The van der Waals surface area contributed by atoms with Gasteiger partial charge in [0.05, 0.1) is 33.1 Å². The Labute approximate surface area is 529 Å². The standard InChI is InChI=1S/C86H60N2S2/c1-85(2,3)55-41-61(49-23-11-7-12-24-49)77(62(42-55)50-25-13-8-14-26-50)53-35-37-59-71(39-53)87-73-47-66-68-46-70-58-32-20-22-34-76(58)90-84(70)80-60-38-36-54(78-63(51-27-15-9-16-28-51)43-56(86(4,5)6)44-64(78)52-29-17-10-18-30-52)40-72(60)88(82(68)80)74(66)48-65(73)67-45-69-57-31-19-21-33-75(57)89-83(69)79(59)81(67)87/h7-48H,1-6H3. The maximum atomic E-state index is 2.66. The molecule has 0 fully saturated rings. The zero-order valence-corrected chi connectivity index (χ0v) is 52.6. The molecule has 0 unspecified atom stereocenters. The lowest BCUT2D eigenvalue weighted by molar-refractivity contribution is 0.590. The van der Waals surface area contributed by atoms with E-state index in [1.54, 1.807) is 0 Å². The van der Waals surface area contributed by atoms with Gasteiger partial charge in [-0.15, -0.1) is 22.7 Å². The summed E-state index contributed by atoms with van der Waals surface area (Å²) < 4.78 is 10.6. The Balaban J connectivity index is 0.958. The minimum absolute atomic E-state index is 0.0744. The molecule has 13 aromatic carbocycles. The molecule has 0 aliphatic rings. The molecule has 0 atom stereocenters. The van der Waals surface area contributed by atoms with Gasteiger partial charge < -0.3 is 8.80 Å². The topological polar surface area (TPSA) is 8.82 Å². The van der Waals surface area contributed by atoms with E-state index in [9.17, 15) is 0 Å². The van der Waals surface area contributed by atoms with Crippen molar-refractivity contribution in [3.63, 3.8) is 0 Å². The van der Waals surface area contributed by atoms with Gasteiger partial charge in [0.1, 0.15) is 0 Å². The highest BCUT2D eigenvalue weighted by atomic mass is 32.1. The summed E-state index contributed by atoms with van der Waals surface area (Å²) in [6.45, 7) is 14.0. The molecule has 0 radical (unpaired) electrons. The fourth-order valence-electron chi connectivity index (χ4n) is 15.5. The van der Waals surface area contributed by atoms with E-state index in [2.05, 4.69) is 305 Å². The van der Waals surface area contributed by atoms with Crippen molar-refractivity contribution in [2.24, 2.45) is 0 Å². The summed E-state index contributed by atoms with van der Waals surface area (Å²) in [7, 11) is 0. The maximum Gasteiger partial charge on any atom is 0.0635 e. The molecule has 90 heavy (non-hydrogen) atoms. The van der Waals surface area contributed by atoms with E-state index in [4.69, 9.17) is 0 Å². The van der Waals surface area contributed by atoms with Gasteiger partial charge in [-0.1, -0.05) is 224 Å². The number of thiophene rings is 2. The quantitative estimate of drug-likeness (QED) is 0.157. The second kappa shape index (κ2) is 18.7. The first-order valence-corrected chi connectivity index (χ1v) is 33.2. The summed E-state index contributed by atoms with van der Waals surface area (Å²) in [5.74, 6) is 0. The van der Waals surface area contributed by atoms with Crippen molar-refractivity contribution < 1.29 is 0 Å². The third-order valence-electron chi connectivity index (χ3n) is 19.8. The molecule has 0 N–H and O–H groups in total. The van der Waals surface area contributed by atoms with Crippen LogP contribution >= 0.6 is 22.7 Å². The van der Waals surface area contributed by atoms with Gasteiger partial charge >= 0.3 is 0 Å². The predicted octanol–water partition coefficient (Wildman–Crippen LogP) is 25.3. The molecule has 0 saturated heterocycles. The van der Waals surface area contributed by atoms with Gasteiger partial charge in [0.15, 0.2) is 0 Å². The normalized spacial score (nSPS) is 12.8. The molecule has 0 aliphatic carbocycles. The number of hydrogen-bond donors (Lipinski definition) is 0. The number of hydrogen-bond acceptors (Lipinski definition) is 2. The molecular weight excluding hydrogens is 1130 g/mol. The highest BCUT2D eigenvalue weighted by Crippen LogP contribution is 2.54. The second-order valence-electron chi connectivity index (χ2n) is 27.1. The van der Waals surface area contributed by atoms with Crippen molar-refractivity contribution in [1.29, 1.82) is 0 Å². The lowest BCUT2D eigenvalue weighted by atomic mass is 9.79. The monoisotopic (exact) mass is 1180 g/mol. The molecule has 4 heteroatoms. The Bertz CT molecular complexity index is 5680. The van der Waals surface area contributed by atoms with Gasteiger partial charge in [-0.3, -0.25) is 0 Å². The average molecular weight is 1190 g/mol. The summed E-state index contributed by atoms with van der Waals surface area (Å²) >= 11 is 3.87. The van der Waals surface area contributed by atoms with Crippen LogP contribution in [0.25, 0.3) is 183 Å². The molecule has 426 valence electrons. The molecule has 6 heterocycles. The molecule has 0 amide bonds. The van der Waals surface area contributed by atoms with E-state index in [-0.39, 0.29) is 10.8 Å². The van der Waals surface area contributed by atoms with E-state index < -0.39 is 0 Å². The van der Waals surface area contributed by atoms with Crippen LogP contribution < -0.4 is 0 Å². The summed E-state index contributed by atoms with van der Waals surface area (Å²) in [5, 5.41) is 15.6. The lowest BCUT2D eigenvalue weighted by Gasteiger charge is -2.25. The van der Waals surface area contributed by atoms with E-state index in [0.29, 0.717) is 0 Å². The number of fused-ring (bicyclic) bond motifs is 20. The van der Waals surface area contributed by atoms with Crippen LogP contribution in [0.5, 0.6) is 0 Å². The summed E-state index contributed by atoms with van der Waals surface area (Å²) in [4.78, 5) is 0. The van der Waals surface area contributed by atoms with Gasteiger partial charge in [0, 0.05) is 83.4 Å². The molecule has 2 nitrogen and oxygen atoms in total. The van der Waals surface area contributed by atoms with E-state index in [0.717, 1.165) is 0 Å². The Morgan fingerprint density at radius 3 is 0.922 bits per heavy atom. The van der Waals surface area contributed by atoms with Gasteiger partial charge in [0.25, 0.3) is 0 Å². The molecule has 0 aliphatic heterocycles. The summed E-state index contributed by atoms with van der Waals surface area (Å²) in [5.41, 5.74) is 24.7. The van der Waals surface area contributed by atoms with Crippen molar-refractivity contribution in [3.8, 4) is 66.8 Å². The van der Waals surface area contributed by atoms with Crippen LogP contribution in [-0.4, -0.2) is 8.80 Å². The van der Waals surface area contributed by atoms with Crippen LogP contribution in [0.15, 0.2) is 255 Å². The highest BCUT2D eigenvalue weighted by Gasteiger charge is 2.30. The second-order valence-corrected chi connectivity index (χ2v) is 29.2. The molecule has 6 aromatic heterocycles. The summed E-state index contributed by atoms with van der Waals surface area (Å²) in [6, 6.07) is 97.3. The van der Waals surface area contributed by atoms with Crippen molar-refractivity contribution in [2.75, 3.05) is 0 Å². The van der Waals surface area contributed by atoms with Crippen LogP contribution in [0.2, 0.25) is 0 Å². The van der Waals surface area contributed by atoms with Crippen molar-refractivity contribution in [2.45, 2.75) is 52.4 Å². The minimum atomic E-state index is -0.0744. The van der Waals surface area contributed by atoms with Crippen LogP contribution in [0.3, 0.4) is 0 Å². The third kappa shape index (κ3) is 7.38. The molecule has 0 saturated carbocycles. The SMILES string of the molecule is CC(C)(C)c1cc(-c2ccccc2)c(-c2ccc3c4c5sc6ccccc6c5cc5c6cc7c(cc6n(c3c2)c54)c2cc3c4ccccc4sc3c3c4ccc(-c5c(-c6ccccc6)cc(C(C)(C)C)cc5-c5ccccc5)cc4n7c23)c(-c2ccccc2)c1. The molecular formula is C86H60N2S2. The first kappa shape index (κ1) is 51.9. The van der Waals surface area contributed by atoms with Crippen LogP contribution in [0, 0.1) is 0 Å². The zero-order chi connectivity index (χ0) is 60.1. The van der Waals surface area contributed by atoms with E-state index in [1.165, 1.54) is 194 Å². The van der Waals surface area contributed by atoms with Gasteiger partial charge in [0.2, 0.25) is 0 Å². The minimum Gasteiger partial charge on any atom is -0.308 e. The number of nitrogens with zero attached hydrogens (tertiary/aromatic N) is 2. The number of rotatable bonds is 6. The molecule has 0 bridgehead atoms. The first-order chi connectivity index (χ1) is 43.9. The van der Waals surface area contributed by atoms with Crippen molar-refractivity contribution >= 4 is 139 Å².